The first-order chi connectivity index (χ1) is 9.40. The Bertz CT molecular complexity index is 679. The summed E-state index contributed by atoms with van der Waals surface area (Å²) >= 11 is 0. The van der Waals surface area contributed by atoms with Crippen LogP contribution >= 0.6 is 0 Å². The summed E-state index contributed by atoms with van der Waals surface area (Å²) < 4.78 is 27.6. The van der Waals surface area contributed by atoms with Gasteiger partial charge in [0.2, 0.25) is 0 Å². The lowest BCUT2D eigenvalue weighted by molar-refractivity contribution is 0.182. The van der Waals surface area contributed by atoms with Crippen LogP contribution in [0.5, 0.6) is 0 Å². The second kappa shape index (κ2) is 5.61. The van der Waals surface area contributed by atoms with Gasteiger partial charge in [-0.1, -0.05) is 12.1 Å². The van der Waals surface area contributed by atoms with E-state index in [1.807, 2.05) is 0 Å². The Balaban J connectivity index is 2.05. The van der Waals surface area contributed by atoms with Gasteiger partial charge in [-0.05, 0) is 23.8 Å². The van der Waals surface area contributed by atoms with Crippen molar-refractivity contribution in [3.63, 3.8) is 0 Å². The van der Waals surface area contributed by atoms with E-state index >= 15 is 0 Å². The van der Waals surface area contributed by atoms with Crippen LogP contribution in [0, 0.1) is 0 Å². The molecule has 108 valence electrons. The molecule has 8 heteroatoms. The topological polar surface area (TPSA) is 110 Å². The first-order valence-electron chi connectivity index (χ1n) is 5.91. The molecule has 0 aliphatic heterocycles. The first kappa shape index (κ1) is 14.5. The molecule has 4 N–H and O–H groups in total. The maximum atomic E-state index is 12.0. The number of anilines is 1. The van der Waals surface area contributed by atoms with Gasteiger partial charge < -0.3 is 10.8 Å². The molecule has 1 heterocycles. The number of aryl methyl sites for hydroxylation is 1. The predicted molar refractivity (Wildman–Crippen MR) is 74.2 cm³/mol. The average molecular weight is 296 g/mol. The van der Waals surface area contributed by atoms with Gasteiger partial charge in [-0.25, -0.2) is 13.1 Å². The Hall–Kier alpha value is -1.90. The summed E-state index contributed by atoms with van der Waals surface area (Å²) in [6, 6.07) is 7.98. The summed E-state index contributed by atoms with van der Waals surface area (Å²) in [7, 11) is -2.16. The van der Waals surface area contributed by atoms with Gasteiger partial charge in [-0.2, -0.15) is 5.10 Å². The fraction of sp³-hybridized carbons (Fsp3) is 0.250. The molecule has 1 aromatic heterocycles. The molecule has 2 rings (SSSR count). The van der Waals surface area contributed by atoms with Gasteiger partial charge in [0, 0.05) is 19.3 Å². The van der Waals surface area contributed by atoms with Gasteiger partial charge >= 0.3 is 0 Å². The quantitative estimate of drug-likeness (QED) is 0.673. The smallest absolute Gasteiger partial charge is 0.257 e. The molecule has 0 amide bonds. The Morgan fingerprint density at radius 2 is 2.00 bits per heavy atom. The summed E-state index contributed by atoms with van der Waals surface area (Å²) in [6.45, 7) is -0.128. The molecular weight excluding hydrogens is 280 g/mol. The highest BCUT2D eigenvalue weighted by molar-refractivity contribution is 7.89. The van der Waals surface area contributed by atoms with E-state index < -0.39 is 16.1 Å². The number of aliphatic hydroxyl groups is 1. The number of nitrogens with one attached hydrogen (secondary N) is 1. The first-order valence-corrected chi connectivity index (χ1v) is 7.39. The highest BCUT2D eigenvalue weighted by Crippen LogP contribution is 2.15. The molecule has 1 aromatic carbocycles. The SMILES string of the molecule is Cn1nccc1S(=O)(=O)NCC(O)c1ccc(N)cc1. The van der Waals surface area contributed by atoms with Gasteiger partial charge in [0.15, 0.2) is 5.03 Å². The zero-order valence-corrected chi connectivity index (χ0v) is 11.7. The van der Waals surface area contributed by atoms with Crippen LogP contribution in [0.3, 0.4) is 0 Å². The van der Waals surface area contributed by atoms with Crippen molar-refractivity contribution < 1.29 is 13.5 Å². The van der Waals surface area contributed by atoms with Crippen LogP contribution in [-0.4, -0.2) is 29.8 Å². The monoisotopic (exact) mass is 296 g/mol. The maximum Gasteiger partial charge on any atom is 0.257 e. The third-order valence-electron chi connectivity index (χ3n) is 2.84. The van der Waals surface area contributed by atoms with E-state index in [1.165, 1.54) is 24.0 Å². The third kappa shape index (κ3) is 3.16. The minimum Gasteiger partial charge on any atom is -0.399 e. The van der Waals surface area contributed by atoms with Crippen LogP contribution in [0.1, 0.15) is 11.7 Å². The van der Waals surface area contributed by atoms with Gasteiger partial charge in [-0.15, -0.1) is 0 Å². The number of hydrogen-bond donors (Lipinski definition) is 3. The van der Waals surface area contributed by atoms with Crippen LogP contribution in [0.4, 0.5) is 5.69 Å². The van der Waals surface area contributed by atoms with Crippen LogP contribution in [0.15, 0.2) is 41.6 Å². The molecule has 1 unspecified atom stereocenters. The van der Waals surface area contributed by atoms with E-state index in [2.05, 4.69) is 9.82 Å². The van der Waals surface area contributed by atoms with E-state index in [0.29, 0.717) is 11.3 Å². The fourth-order valence-corrected chi connectivity index (χ4v) is 2.88. The lowest BCUT2D eigenvalue weighted by atomic mass is 10.1. The number of sulfonamides is 1. The number of nitrogen functional groups attached to an aromatic ring is 1. The van der Waals surface area contributed by atoms with Crippen LogP contribution in [0.2, 0.25) is 0 Å². The Morgan fingerprint density at radius 1 is 1.35 bits per heavy atom. The fourth-order valence-electron chi connectivity index (χ4n) is 1.72. The van der Waals surface area contributed by atoms with Crippen molar-refractivity contribution >= 4 is 15.7 Å². The normalized spacial score (nSPS) is 13.3. The van der Waals surface area contributed by atoms with E-state index in [0.717, 1.165) is 0 Å². The van der Waals surface area contributed by atoms with E-state index in [1.54, 1.807) is 24.3 Å². The average Bonchev–Trinajstić information content (AvgIpc) is 2.84. The number of nitrogens with zero attached hydrogens (tertiary/aromatic N) is 2. The molecule has 2 aromatic rings. The van der Waals surface area contributed by atoms with E-state index in [-0.39, 0.29) is 11.6 Å². The molecule has 0 radical (unpaired) electrons. The lowest BCUT2D eigenvalue weighted by Gasteiger charge is -2.12. The van der Waals surface area contributed by atoms with Crippen molar-refractivity contribution in [3.05, 3.63) is 42.1 Å². The molecule has 0 saturated heterocycles. The summed E-state index contributed by atoms with van der Waals surface area (Å²) in [6.07, 6.45) is 0.448. The summed E-state index contributed by atoms with van der Waals surface area (Å²) in [4.78, 5) is 0. The van der Waals surface area contributed by atoms with Gasteiger partial charge in [0.25, 0.3) is 10.0 Å². The largest absolute Gasteiger partial charge is 0.399 e. The zero-order valence-electron chi connectivity index (χ0n) is 10.9. The van der Waals surface area contributed by atoms with Crippen LogP contribution in [-0.2, 0) is 17.1 Å². The van der Waals surface area contributed by atoms with Crippen molar-refractivity contribution in [2.75, 3.05) is 12.3 Å². The van der Waals surface area contributed by atoms with Crippen LogP contribution < -0.4 is 10.5 Å². The second-order valence-corrected chi connectivity index (χ2v) is 6.04. The van der Waals surface area contributed by atoms with Gasteiger partial charge in [0.1, 0.15) is 0 Å². The molecular formula is C12H16N4O3S. The summed E-state index contributed by atoms with van der Waals surface area (Å²) in [5, 5.41) is 13.8. The molecule has 0 bridgehead atoms. The Kier molecular flexibility index (Phi) is 4.07. The van der Waals surface area contributed by atoms with Gasteiger partial charge in [-0.3, -0.25) is 4.68 Å². The molecule has 20 heavy (non-hydrogen) atoms. The Labute approximate surface area is 117 Å². The summed E-state index contributed by atoms with van der Waals surface area (Å²) in [5.74, 6) is 0. The summed E-state index contributed by atoms with van der Waals surface area (Å²) in [5.41, 5.74) is 6.72. The predicted octanol–water partition coefficient (Wildman–Crippen LogP) is 0.0142. The van der Waals surface area contributed by atoms with E-state index in [4.69, 9.17) is 5.73 Å². The third-order valence-corrected chi connectivity index (χ3v) is 4.34. The number of nitrogens with two attached hydrogens (primary N) is 1. The number of aliphatic hydroxyl groups excluding tert-OH is 1. The van der Waals surface area contributed by atoms with E-state index in [9.17, 15) is 13.5 Å². The lowest BCUT2D eigenvalue weighted by Crippen LogP contribution is -2.30. The molecule has 0 fully saturated rings. The van der Waals surface area contributed by atoms with Crippen molar-refractivity contribution in [2.45, 2.75) is 11.1 Å². The molecule has 7 nitrogen and oxygen atoms in total. The molecule has 0 aliphatic carbocycles. The maximum absolute atomic E-state index is 12.0. The van der Waals surface area contributed by atoms with Crippen LogP contribution in [0.25, 0.3) is 0 Å². The standard InChI is InChI=1S/C12H16N4O3S/c1-16-12(6-7-14-16)20(18,19)15-8-11(17)9-2-4-10(13)5-3-9/h2-7,11,15,17H,8,13H2,1H3. The number of rotatable bonds is 5. The van der Waals surface area contributed by atoms with Crippen molar-refractivity contribution in [3.8, 4) is 0 Å². The molecule has 0 spiro atoms. The zero-order chi connectivity index (χ0) is 14.8. The molecule has 1 atom stereocenters. The number of aromatic nitrogens is 2. The molecule has 0 aliphatic rings. The molecule has 0 saturated carbocycles. The second-order valence-electron chi connectivity index (χ2n) is 4.33. The number of hydrogen-bond acceptors (Lipinski definition) is 5. The minimum atomic E-state index is -3.69. The highest BCUT2D eigenvalue weighted by atomic mass is 32.2. The van der Waals surface area contributed by atoms with Crippen molar-refractivity contribution in [1.82, 2.24) is 14.5 Å². The minimum absolute atomic E-state index is 0.0435. The Morgan fingerprint density at radius 3 is 2.55 bits per heavy atom. The van der Waals surface area contributed by atoms with Gasteiger partial charge in [0.05, 0.1) is 12.3 Å². The van der Waals surface area contributed by atoms with Crippen molar-refractivity contribution in [1.29, 1.82) is 0 Å². The van der Waals surface area contributed by atoms with Crippen molar-refractivity contribution in [2.24, 2.45) is 7.05 Å². The highest BCUT2D eigenvalue weighted by Gasteiger charge is 2.19. The number of benzene rings is 1.